The van der Waals surface area contributed by atoms with Crippen molar-refractivity contribution in [1.82, 2.24) is 15.6 Å². The van der Waals surface area contributed by atoms with Gasteiger partial charge in [-0.2, -0.15) is 8.78 Å². The first-order chi connectivity index (χ1) is 12.8. The van der Waals surface area contributed by atoms with E-state index in [2.05, 4.69) is 51.5 Å². The lowest BCUT2D eigenvalue weighted by Crippen LogP contribution is -2.36. The first-order valence-electron chi connectivity index (χ1n) is 8.79. The fraction of sp³-hybridized carbons (Fsp3) is 0.474. The molecular formula is C19H26F2N4OS. The number of rotatable bonds is 7. The molecule has 0 atom stereocenters. The smallest absolute Gasteiger partial charge is 0.387 e. The maximum atomic E-state index is 12.5. The Morgan fingerprint density at radius 2 is 2.00 bits per heavy atom. The van der Waals surface area contributed by atoms with E-state index in [0.29, 0.717) is 24.6 Å². The number of hydrogen-bond donors (Lipinski definition) is 2. The third-order valence-electron chi connectivity index (χ3n) is 3.67. The van der Waals surface area contributed by atoms with Crippen LogP contribution >= 0.6 is 11.3 Å². The van der Waals surface area contributed by atoms with Crippen molar-refractivity contribution in [1.29, 1.82) is 0 Å². The zero-order chi connectivity index (χ0) is 19.9. The van der Waals surface area contributed by atoms with Gasteiger partial charge >= 0.3 is 6.61 Å². The van der Waals surface area contributed by atoms with E-state index in [4.69, 9.17) is 0 Å². The van der Waals surface area contributed by atoms with Gasteiger partial charge in [0.15, 0.2) is 5.96 Å². The maximum Gasteiger partial charge on any atom is 0.387 e. The molecule has 0 saturated heterocycles. The van der Waals surface area contributed by atoms with Crippen molar-refractivity contribution in [3.63, 3.8) is 0 Å². The number of benzene rings is 1. The highest BCUT2D eigenvalue weighted by atomic mass is 32.1. The SMILES string of the molecule is CCNC(=NCc1ccccc1OC(F)F)NCc1nc(C(C)(C)C)cs1. The van der Waals surface area contributed by atoms with Crippen LogP contribution in [0.2, 0.25) is 0 Å². The molecule has 1 aromatic heterocycles. The van der Waals surface area contributed by atoms with Crippen LogP contribution in [0.3, 0.4) is 0 Å². The number of halogens is 2. The fourth-order valence-electron chi connectivity index (χ4n) is 2.25. The van der Waals surface area contributed by atoms with Crippen LogP contribution in [0.15, 0.2) is 34.6 Å². The van der Waals surface area contributed by atoms with Crippen molar-refractivity contribution < 1.29 is 13.5 Å². The van der Waals surface area contributed by atoms with Gasteiger partial charge in [-0.05, 0) is 13.0 Å². The number of guanidine groups is 1. The third-order valence-corrected chi connectivity index (χ3v) is 4.52. The molecule has 0 aliphatic heterocycles. The number of aliphatic imine (C=N–C) groups is 1. The van der Waals surface area contributed by atoms with Crippen molar-refractivity contribution in [3.8, 4) is 5.75 Å². The fourth-order valence-corrected chi connectivity index (χ4v) is 3.21. The molecule has 148 valence electrons. The largest absolute Gasteiger partial charge is 0.434 e. The van der Waals surface area contributed by atoms with Gasteiger partial charge in [-0.15, -0.1) is 11.3 Å². The zero-order valence-corrected chi connectivity index (χ0v) is 16.9. The lowest BCUT2D eigenvalue weighted by atomic mass is 9.93. The summed E-state index contributed by atoms with van der Waals surface area (Å²) in [6, 6.07) is 6.67. The molecule has 8 heteroatoms. The molecule has 0 bridgehead atoms. The van der Waals surface area contributed by atoms with E-state index in [-0.39, 0.29) is 17.7 Å². The van der Waals surface area contributed by atoms with Gasteiger partial charge < -0.3 is 15.4 Å². The lowest BCUT2D eigenvalue weighted by molar-refractivity contribution is -0.0504. The number of hydrogen-bond acceptors (Lipinski definition) is 4. The Balaban J connectivity index is 2.03. The number of nitrogens with one attached hydrogen (secondary N) is 2. The van der Waals surface area contributed by atoms with E-state index in [1.165, 1.54) is 6.07 Å². The minimum Gasteiger partial charge on any atom is -0.434 e. The highest BCUT2D eigenvalue weighted by molar-refractivity contribution is 7.09. The summed E-state index contributed by atoms with van der Waals surface area (Å²) in [5, 5.41) is 9.41. The van der Waals surface area contributed by atoms with Crippen molar-refractivity contribution in [3.05, 3.63) is 45.9 Å². The predicted molar refractivity (Wildman–Crippen MR) is 106 cm³/mol. The number of alkyl halides is 2. The molecule has 2 aromatic rings. The van der Waals surface area contributed by atoms with Crippen molar-refractivity contribution >= 4 is 17.3 Å². The number of aromatic nitrogens is 1. The van der Waals surface area contributed by atoms with Gasteiger partial charge in [-0.3, -0.25) is 0 Å². The Hall–Kier alpha value is -2.22. The average Bonchev–Trinajstić information content (AvgIpc) is 3.07. The average molecular weight is 397 g/mol. The summed E-state index contributed by atoms with van der Waals surface area (Å²) in [4.78, 5) is 9.12. The Bertz CT molecular complexity index is 756. The molecule has 0 aliphatic rings. The predicted octanol–water partition coefficient (Wildman–Crippen LogP) is 4.30. The Kier molecular flexibility index (Phi) is 7.53. The van der Waals surface area contributed by atoms with Crippen molar-refractivity contribution in [2.75, 3.05) is 6.54 Å². The second kappa shape index (κ2) is 9.64. The van der Waals surface area contributed by atoms with Crippen LogP contribution in [0, 0.1) is 0 Å². The molecule has 27 heavy (non-hydrogen) atoms. The van der Waals surface area contributed by atoms with E-state index in [0.717, 1.165) is 10.7 Å². The van der Waals surface area contributed by atoms with Crippen LogP contribution in [-0.4, -0.2) is 24.1 Å². The first-order valence-corrected chi connectivity index (χ1v) is 9.67. The van der Waals surface area contributed by atoms with Crippen LogP contribution in [-0.2, 0) is 18.5 Å². The Morgan fingerprint density at radius 3 is 2.63 bits per heavy atom. The van der Waals surface area contributed by atoms with E-state index in [1.807, 2.05) is 6.92 Å². The van der Waals surface area contributed by atoms with Crippen molar-refractivity contribution in [2.24, 2.45) is 4.99 Å². The van der Waals surface area contributed by atoms with E-state index >= 15 is 0 Å². The first kappa shape index (κ1) is 21.1. The molecule has 2 N–H and O–H groups in total. The van der Waals surface area contributed by atoms with Crippen LogP contribution < -0.4 is 15.4 Å². The normalized spacial score (nSPS) is 12.3. The summed E-state index contributed by atoms with van der Waals surface area (Å²) in [6.07, 6.45) is 0. The molecule has 0 aliphatic carbocycles. The monoisotopic (exact) mass is 396 g/mol. The summed E-state index contributed by atoms with van der Waals surface area (Å²) in [5.41, 5.74) is 1.67. The molecule has 1 aromatic carbocycles. The summed E-state index contributed by atoms with van der Waals surface area (Å²) in [7, 11) is 0. The van der Waals surface area contributed by atoms with Crippen LogP contribution in [0.25, 0.3) is 0 Å². The molecule has 0 unspecified atom stereocenters. The zero-order valence-electron chi connectivity index (χ0n) is 16.1. The minimum atomic E-state index is -2.86. The molecule has 0 saturated carbocycles. The highest BCUT2D eigenvalue weighted by Gasteiger charge is 2.17. The number of nitrogens with zero attached hydrogens (tertiary/aromatic N) is 2. The van der Waals surface area contributed by atoms with Gasteiger partial charge in [-0.1, -0.05) is 39.0 Å². The lowest BCUT2D eigenvalue weighted by Gasteiger charge is -2.14. The quantitative estimate of drug-likeness (QED) is 0.541. The molecule has 5 nitrogen and oxygen atoms in total. The van der Waals surface area contributed by atoms with E-state index in [1.54, 1.807) is 29.5 Å². The standard InChI is InChI=1S/C19H26F2N4OS/c1-5-22-18(24-11-16-25-15(12-27-16)19(2,3)4)23-10-13-8-6-7-9-14(13)26-17(20)21/h6-9,12,17H,5,10-11H2,1-4H3,(H2,22,23,24). The molecule has 2 rings (SSSR count). The molecule has 0 spiro atoms. The number of ether oxygens (including phenoxy) is 1. The van der Waals surface area contributed by atoms with Crippen LogP contribution in [0.5, 0.6) is 5.75 Å². The molecule has 1 heterocycles. The summed E-state index contributed by atoms with van der Waals surface area (Å²) in [5.74, 6) is 0.735. The topological polar surface area (TPSA) is 58.5 Å². The van der Waals surface area contributed by atoms with Gasteiger partial charge in [0.2, 0.25) is 0 Å². The van der Waals surface area contributed by atoms with E-state index < -0.39 is 6.61 Å². The summed E-state index contributed by atoms with van der Waals surface area (Å²) in [6.45, 7) is 6.95. The Labute approximate surface area is 162 Å². The number of thiazole rings is 1. The highest BCUT2D eigenvalue weighted by Crippen LogP contribution is 2.24. The van der Waals surface area contributed by atoms with Gasteiger partial charge in [0.1, 0.15) is 10.8 Å². The number of para-hydroxylation sites is 1. The van der Waals surface area contributed by atoms with E-state index in [9.17, 15) is 8.78 Å². The van der Waals surface area contributed by atoms with Gasteiger partial charge in [0.25, 0.3) is 0 Å². The van der Waals surface area contributed by atoms with Gasteiger partial charge in [0, 0.05) is 22.9 Å². The minimum absolute atomic E-state index is 0.0156. The Morgan fingerprint density at radius 1 is 1.26 bits per heavy atom. The summed E-state index contributed by atoms with van der Waals surface area (Å²) >= 11 is 1.60. The van der Waals surface area contributed by atoms with Crippen molar-refractivity contribution in [2.45, 2.75) is 52.8 Å². The van der Waals surface area contributed by atoms with Crippen LogP contribution in [0.1, 0.15) is 44.0 Å². The summed E-state index contributed by atoms with van der Waals surface area (Å²) < 4.78 is 29.6. The maximum absolute atomic E-state index is 12.5. The molecule has 0 fully saturated rings. The van der Waals surface area contributed by atoms with Crippen LogP contribution in [0.4, 0.5) is 8.78 Å². The molecule has 0 radical (unpaired) electrons. The van der Waals surface area contributed by atoms with Gasteiger partial charge in [-0.25, -0.2) is 9.98 Å². The molecule has 0 amide bonds. The second-order valence-electron chi connectivity index (χ2n) is 6.91. The van der Waals surface area contributed by atoms with Gasteiger partial charge in [0.05, 0.1) is 18.8 Å². The third kappa shape index (κ3) is 6.78. The second-order valence-corrected chi connectivity index (χ2v) is 7.85. The molecular weight excluding hydrogens is 370 g/mol.